The van der Waals surface area contributed by atoms with Crippen LogP contribution < -0.4 is 4.74 Å². The first kappa shape index (κ1) is 47.1. The number of aromatic hydroxyl groups is 3. The molecule has 2 aromatic rings. The summed E-state index contributed by atoms with van der Waals surface area (Å²) in [4.78, 5) is 40.3. The van der Waals surface area contributed by atoms with Crippen molar-refractivity contribution in [1.29, 1.82) is 0 Å². The lowest BCUT2D eigenvalue weighted by Crippen LogP contribution is -2.60. The molecule has 15 unspecified atom stereocenters. The van der Waals surface area contributed by atoms with E-state index >= 15 is 0 Å². The number of esters is 2. The number of carboxylic acid groups (broad SMARTS) is 1. The highest BCUT2D eigenvalue weighted by Crippen LogP contribution is 2.49. The Morgan fingerprint density at radius 2 is 1.46 bits per heavy atom. The maximum Gasteiger partial charge on any atom is 0.335 e. The van der Waals surface area contributed by atoms with Crippen LogP contribution in [0.1, 0.15) is 29.0 Å². The largest absolute Gasteiger partial charge is 0.504 e. The van der Waals surface area contributed by atoms with Gasteiger partial charge in [-0.3, -0.25) is 4.79 Å². The van der Waals surface area contributed by atoms with Crippen LogP contribution in [0.5, 0.6) is 23.0 Å². The summed E-state index contributed by atoms with van der Waals surface area (Å²) in [6.45, 7) is -3.07. The number of phenols is 3. The topological polar surface area (TPSA) is 412 Å². The molecule has 61 heavy (non-hydrogen) atoms. The molecule has 2 aliphatic carbocycles. The van der Waals surface area contributed by atoms with E-state index in [9.17, 15) is 91.0 Å². The molecule has 0 saturated carbocycles. The lowest BCUT2D eigenvalue weighted by Gasteiger charge is -2.40. The van der Waals surface area contributed by atoms with E-state index in [4.69, 9.17) is 24.1 Å². The van der Waals surface area contributed by atoms with Crippen molar-refractivity contribution in [2.24, 2.45) is 5.92 Å². The minimum atomic E-state index is -2.31. The lowest BCUT2D eigenvalue weighted by molar-refractivity contribution is -0.277. The first-order valence-corrected chi connectivity index (χ1v) is 18.5. The second-order valence-electron chi connectivity index (χ2n) is 14.6. The van der Waals surface area contributed by atoms with E-state index in [0.29, 0.717) is 0 Å². The molecule has 1 saturated heterocycles. The van der Waals surface area contributed by atoms with Gasteiger partial charge in [-0.1, -0.05) is 6.07 Å². The van der Waals surface area contributed by atoms with Gasteiger partial charge in [-0.05, 0) is 53.1 Å². The molecule has 2 aromatic carbocycles. The number of fused-ring (bicyclic) bond motifs is 1. The zero-order valence-electron chi connectivity index (χ0n) is 31.5. The molecule has 15 atom stereocenters. The van der Waals surface area contributed by atoms with Crippen molar-refractivity contribution in [2.45, 2.75) is 91.9 Å². The van der Waals surface area contributed by atoms with Crippen LogP contribution in [-0.2, 0) is 28.6 Å². The third-order valence-electron chi connectivity index (χ3n) is 10.5. The number of benzene rings is 2. The molecule has 23 heteroatoms. The summed E-state index contributed by atoms with van der Waals surface area (Å²) in [6.07, 6.45) is -24.3. The molecule has 3 aliphatic rings. The van der Waals surface area contributed by atoms with E-state index in [1.54, 1.807) is 0 Å². The average molecular weight is 871 g/mol. The number of aliphatic hydroxyl groups is 12. The highest BCUT2D eigenvalue weighted by Gasteiger charge is 2.48. The maximum atomic E-state index is 14.5. The molecular formula is C38H46O23. The number of carbonyl (C=O) groups is 3. The smallest absolute Gasteiger partial charge is 0.335 e. The summed E-state index contributed by atoms with van der Waals surface area (Å²) in [5, 5.41) is 163. The van der Waals surface area contributed by atoms with Gasteiger partial charge in [0.25, 0.3) is 0 Å². The predicted molar refractivity (Wildman–Crippen MR) is 196 cm³/mol. The second-order valence-corrected chi connectivity index (χ2v) is 14.6. The lowest BCUT2D eigenvalue weighted by atomic mass is 9.71. The molecule has 0 spiro atoms. The van der Waals surface area contributed by atoms with Crippen molar-refractivity contribution in [1.82, 2.24) is 0 Å². The fraction of sp³-hybridized carbons (Fsp3) is 0.500. The van der Waals surface area contributed by atoms with Crippen molar-refractivity contribution >= 4 is 24.0 Å². The van der Waals surface area contributed by atoms with E-state index < -0.39 is 170 Å². The molecule has 0 bridgehead atoms. The van der Waals surface area contributed by atoms with Gasteiger partial charge in [0.1, 0.15) is 79.9 Å². The minimum absolute atomic E-state index is 0.0636. The summed E-state index contributed by atoms with van der Waals surface area (Å²) in [5.41, 5.74) is -1.39. The number of carbonyl (C=O) groups excluding carboxylic acids is 2. The first-order valence-electron chi connectivity index (χ1n) is 18.5. The van der Waals surface area contributed by atoms with Gasteiger partial charge >= 0.3 is 17.9 Å². The Morgan fingerprint density at radius 1 is 0.787 bits per heavy atom. The van der Waals surface area contributed by atoms with Crippen LogP contribution in [-0.4, -0.2) is 199 Å². The number of rotatable bonds is 15. The molecular weight excluding hydrogens is 824 g/mol. The van der Waals surface area contributed by atoms with Crippen LogP contribution in [0.2, 0.25) is 0 Å². The molecule has 0 radical (unpaired) electrons. The zero-order chi connectivity index (χ0) is 45.2. The Labute approximate surface area is 343 Å². The highest BCUT2D eigenvalue weighted by atomic mass is 16.7. The number of hydrogen-bond donors (Lipinski definition) is 16. The minimum Gasteiger partial charge on any atom is -0.504 e. The molecule has 23 nitrogen and oxygen atoms in total. The highest BCUT2D eigenvalue weighted by molar-refractivity contribution is 6.02. The van der Waals surface area contributed by atoms with E-state index in [-0.39, 0.29) is 16.7 Å². The Hall–Kier alpha value is -4.99. The molecule has 336 valence electrons. The SMILES string of the molecule is O=C(O)C1=CC(O)C(O)C(OC(=O)C2C(C(=O)OCC(O)C(O)C(O)C(O)C(O)CO)=Cc3cc(O)c(OC4OC(CO)C(O)C(O)C4O)cc3C2c2ccc(O)c(O)c2)C1. The summed E-state index contributed by atoms with van der Waals surface area (Å²) >= 11 is 0. The number of phenolic OH excluding ortho intramolecular Hbond substituents is 3. The summed E-state index contributed by atoms with van der Waals surface area (Å²) in [5.74, 6) is -10.7. The van der Waals surface area contributed by atoms with Gasteiger partial charge in [0, 0.05) is 17.9 Å². The number of aliphatic hydroxyl groups excluding tert-OH is 12. The maximum absolute atomic E-state index is 14.5. The number of carboxylic acids is 1. The van der Waals surface area contributed by atoms with Gasteiger partial charge in [0.05, 0.1) is 24.7 Å². The van der Waals surface area contributed by atoms with Gasteiger partial charge in [-0.2, -0.15) is 0 Å². The molecule has 5 rings (SSSR count). The standard InChI is InChI=1S/C38H46O23/c39-9-21(45)29(48)32(51)30(49)22(46)11-58-36(56)16-3-13-5-19(43)23(60-38-34(53)33(52)31(50)25(10-40)61-38)8-15(13)26(12-1-2-17(41)18(42)4-12)27(16)37(57)59-24-7-14(35(54)55)6-20(44)28(24)47/h1-6,8,20-22,24-34,38-53H,7,9-11H2,(H,54,55). The predicted octanol–water partition coefficient (Wildman–Crippen LogP) is -5.48. The summed E-state index contributed by atoms with van der Waals surface area (Å²) in [6, 6.07) is 5.18. The molecule has 0 amide bonds. The van der Waals surface area contributed by atoms with Crippen molar-refractivity contribution in [3.63, 3.8) is 0 Å². The van der Waals surface area contributed by atoms with E-state index in [1.807, 2.05) is 0 Å². The monoisotopic (exact) mass is 870 g/mol. The molecule has 0 aromatic heterocycles. The third-order valence-corrected chi connectivity index (χ3v) is 10.5. The van der Waals surface area contributed by atoms with Crippen molar-refractivity contribution in [3.05, 3.63) is 64.2 Å². The van der Waals surface area contributed by atoms with Crippen molar-refractivity contribution in [2.75, 3.05) is 19.8 Å². The summed E-state index contributed by atoms with van der Waals surface area (Å²) in [7, 11) is 0. The van der Waals surface area contributed by atoms with Gasteiger partial charge < -0.3 is 101 Å². The van der Waals surface area contributed by atoms with Crippen LogP contribution in [0, 0.1) is 5.92 Å². The van der Waals surface area contributed by atoms with Gasteiger partial charge in [-0.25, -0.2) is 9.59 Å². The Bertz CT molecular complexity index is 1980. The van der Waals surface area contributed by atoms with E-state index in [0.717, 1.165) is 36.4 Å². The van der Waals surface area contributed by atoms with Crippen molar-refractivity contribution in [3.8, 4) is 23.0 Å². The first-order chi connectivity index (χ1) is 28.7. The fourth-order valence-electron chi connectivity index (χ4n) is 7.08. The van der Waals surface area contributed by atoms with Gasteiger partial charge in [-0.15, -0.1) is 0 Å². The Kier molecular flexibility index (Phi) is 14.9. The molecule has 1 aliphatic heterocycles. The fourth-order valence-corrected chi connectivity index (χ4v) is 7.08. The molecule has 1 heterocycles. The van der Waals surface area contributed by atoms with Gasteiger partial charge in [0.15, 0.2) is 23.0 Å². The Balaban J connectivity index is 1.61. The Morgan fingerprint density at radius 3 is 2.08 bits per heavy atom. The third kappa shape index (κ3) is 9.89. The zero-order valence-corrected chi connectivity index (χ0v) is 31.5. The van der Waals surface area contributed by atoms with Crippen LogP contribution in [0.4, 0.5) is 0 Å². The van der Waals surface area contributed by atoms with Crippen LogP contribution in [0.15, 0.2) is 47.6 Å². The van der Waals surface area contributed by atoms with Crippen molar-refractivity contribution < 1.29 is 115 Å². The van der Waals surface area contributed by atoms with Gasteiger partial charge in [0.2, 0.25) is 6.29 Å². The van der Waals surface area contributed by atoms with E-state index in [1.165, 1.54) is 6.07 Å². The number of aliphatic carboxylic acids is 1. The second kappa shape index (κ2) is 19.4. The molecule has 1 fully saturated rings. The number of ether oxygens (including phenoxy) is 4. The van der Waals surface area contributed by atoms with Crippen LogP contribution in [0.25, 0.3) is 6.08 Å². The summed E-state index contributed by atoms with van der Waals surface area (Å²) < 4.78 is 21.8. The average Bonchev–Trinajstić information content (AvgIpc) is 3.23. The van der Waals surface area contributed by atoms with Crippen LogP contribution >= 0.6 is 0 Å². The van der Waals surface area contributed by atoms with E-state index in [2.05, 4.69) is 0 Å². The van der Waals surface area contributed by atoms with Crippen LogP contribution in [0.3, 0.4) is 0 Å². The number of hydrogen-bond acceptors (Lipinski definition) is 22. The quantitative estimate of drug-likeness (QED) is 0.0586. The normalized spacial score (nSPS) is 30.0. The molecule has 16 N–H and O–H groups in total.